The van der Waals surface area contributed by atoms with E-state index in [1.165, 1.54) is 56.8 Å². The van der Waals surface area contributed by atoms with Gasteiger partial charge in [0.15, 0.2) is 0 Å². The highest BCUT2D eigenvalue weighted by Crippen LogP contribution is 2.44. The maximum atomic E-state index is 3.80. The third kappa shape index (κ3) is 3.43. The van der Waals surface area contributed by atoms with Crippen LogP contribution in [0.25, 0.3) is 0 Å². The lowest BCUT2D eigenvalue weighted by Crippen LogP contribution is -2.64. The molecule has 0 amide bonds. The van der Waals surface area contributed by atoms with Crippen LogP contribution in [0.3, 0.4) is 0 Å². The molecule has 2 nitrogen and oxygen atoms in total. The van der Waals surface area contributed by atoms with Crippen molar-refractivity contribution in [3.05, 3.63) is 0 Å². The first kappa shape index (κ1) is 14.7. The molecule has 0 aromatic heterocycles. The van der Waals surface area contributed by atoms with E-state index in [9.17, 15) is 0 Å². The minimum Gasteiger partial charge on any atom is -0.311 e. The molecule has 0 spiro atoms. The first-order chi connectivity index (χ1) is 8.70. The molecule has 2 aliphatic rings. The van der Waals surface area contributed by atoms with Gasteiger partial charge in [0.2, 0.25) is 0 Å². The van der Waals surface area contributed by atoms with E-state index in [0.717, 1.165) is 12.0 Å². The maximum absolute atomic E-state index is 3.80. The number of nitrogens with one attached hydrogen (secondary N) is 1. The minimum absolute atomic E-state index is 0.443. The molecule has 1 heterocycles. The first-order valence-corrected chi connectivity index (χ1v) is 8.92. The Balaban J connectivity index is 1.92. The van der Waals surface area contributed by atoms with Crippen molar-refractivity contribution in [1.82, 2.24) is 10.2 Å². The van der Waals surface area contributed by atoms with Crippen LogP contribution in [0.1, 0.15) is 46.5 Å². The molecule has 0 radical (unpaired) electrons. The highest BCUT2D eigenvalue weighted by molar-refractivity contribution is 7.99. The molecule has 3 heteroatoms. The zero-order valence-corrected chi connectivity index (χ0v) is 13.2. The second-order valence-electron chi connectivity index (χ2n) is 6.14. The van der Waals surface area contributed by atoms with Gasteiger partial charge in [-0.3, -0.25) is 4.90 Å². The van der Waals surface area contributed by atoms with Crippen LogP contribution in [0.15, 0.2) is 0 Å². The Kier molecular flexibility index (Phi) is 5.40. The third-order valence-electron chi connectivity index (χ3n) is 4.72. The topological polar surface area (TPSA) is 15.3 Å². The van der Waals surface area contributed by atoms with Gasteiger partial charge in [0.05, 0.1) is 0 Å². The number of rotatable bonds is 7. The summed E-state index contributed by atoms with van der Waals surface area (Å²) in [6, 6.07) is 0.730. The Bertz CT molecular complexity index is 255. The smallest absolute Gasteiger partial charge is 0.0335 e. The van der Waals surface area contributed by atoms with Crippen molar-refractivity contribution in [3.63, 3.8) is 0 Å². The summed E-state index contributed by atoms with van der Waals surface area (Å²) in [4.78, 5) is 2.81. The molecule has 18 heavy (non-hydrogen) atoms. The zero-order chi connectivity index (χ0) is 13.0. The van der Waals surface area contributed by atoms with Crippen LogP contribution in [0.2, 0.25) is 0 Å². The SMILES string of the molecule is CCCC1CN(CCSCC)C(C)(C2CC2)CN1. The van der Waals surface area contributed by atoms with Crippen molar-refractivity contribution < 1.29 is 0 Å². The van der Waals surface area contributed by atoms with Crippen LogP contribution < -0.4 is 5.32 Å². The van der Waals surface area contributed by atoms with E-state index in [1.807, 2.05) is 0 Å². The summed E-state index contributed by atoms with van der Waals surface area (Å²) in [5.74, 6) is 3.52. The van der Waals surface area contributed by atoms with Crippen LogP contribution in [-0.2, 0) is 0 Å². The highest BCUT2D eigenvalue weighted by Gasteiger charge is 2.47. The van der Waals surface area contributed by atoms with Crippen LogP contribution in [0.5, 0.6) is 0 Å². The quantitative estimate of drug-likeness (QED) is 0.716. The summed E-state index contributed by atoms with van der Waals surface area (Å²) in [6.07, 6.45) is 5.54. The summed E-state index contributed by atoms with van der Waals surface area (Å²) >= 11 is 2.09. The van der Waals surface area contributed by atoms with Crippen LogP contribution in [0, 0.1) is 5.92 Å². The molecule has 2 fully saturated rings. The average molecular weight is 270 g/mol. The van der Waals surface area contributed by atoms with E-state index in [2.05, 4.69) is 42.7 Å². The van der Waals surface area contributed by atoms with Crippen LogP contribution >= 0.6 is 11.8 Å². The summed E-state index contributed by atoms with van der Waals surface area (Å²) in [5.41, 5.74) is 0.443. The first-order valence-electron chi connectivity index (χ1n) is 7.77. The second kappa shape index (κ2) is 6.62. The highest BCUT2D eigenvalue weighted by atomic mass is 32.2. The van der Waals surface area contributed by atoms with Gasteiger partial charge in [0.1, 0.15) is 0 Å². The number of hydrogen-bond acceptors (Lipinski definition) is 3. The molecule has 1 saturated heterocycles. The lowest BCUT2D eigenvalue weighted by molar-refractivity contribution is 0.0390. The van der Waals surface area contributed by atoms with E-state index in [-0.39, 0.29) is 0 Å². The van der Waals surface area contributed by atoms with Gasteiger partial charge >= 0.3 is 0 Å². The van der Waals surface area contributed by atoms with E-state index in [0.29, 0.717) is 5.54 Å². The molecule has 2 rings (SSSR count). The molecule has 1 N–H and O–H groups in total. The Hall–Kier alpha value is 0.270. The fourth-order valence-electron chi connectivity index (χ4n) is 3.32. The Labute approximate surface area is 117 Å². The zero-order valence-electron chi connectivity index (χ0n) is 12.4. The summed E-state index contributed by atoms with van der Waals surface area (Å²) in [6.45, 7) is 10.8. The lowest BCUT2D eigenvalue weighted by atomic mass is 9.89. The predicted octanol–water partition coefficient (Wildman–Crippen LogP) is 2.98. The average Bonchev–Trinajstić information content (AvgIpc) is 3.18. The number of piperazine rings is 1. The molecule has 106 valence electrons. The fraction of sp³-hybridized carbons (Fsp3) is 1.00. The number of thioether (sulfide) groups is 1. The summed E-state index contributed by atoms with van der Waals surface area (Å²) < 4.78 is 0. The number of nitrogens with zero attached hydrogens (tertiary/aromatic N) is 1. The number of hydrogen-bond donors (Lipinski definition) is 1. The molecule has 0 bridgehead atoms. The normalized spacial score (nSPS) is 33.8. The van der Waals surface area contributed by atoms with Gasteiger partial charge in [0, 0.05) is 37.0 Å². The van der Waals surface area contributed by atoms with Gasteiger partial charge in [-0.15, -0.1) is 0 Å². The molecule has 2 unspecified atom stereocenters. The van der Waals surface area contributed by atoms with Crippen molar-refractivity contribution in [1.29, 1.82) is 0 Å². The Morgan fingerprint density at radius 1 is 1.33 bits per heavy atom. The van der Waals surface area contributed by atoms with Gasteiger partial charge in [-0.2, -0.15) is 11.8 Å². The van der Waals surface area contributed by atoms with E-state index < -0.39 is 0 Å². The van der Waals surface area contributed by atoms with Crippen molar-refractivity contribution >= 4 is 11.8 Å². The molecule has 2 atom stereocenters. The predicted molar refractivity (Wildman–Crippen MR) is 82.4 cm³/mol. The van der Waals surface area contributed by atoms with Gasteiger partial charge in [0.25, 0.3) is 0 Å². The van der Waals surface area contributed by atoms with Gasteiger partial charge in [-0.1, -0.05) is 20.3 Å². The van der Waals surface area contributed by atoms with Gasteiger partial charge < -0.3 is 5.32 Å². The molecule has 0 aromatic carbocycles. The molecule has 1 saturated carbocycles. The monoisotopic (exact) mass is 270 g/mol. The van der Waals surface area contributed by atoms with E-state index >= 15 is 0 Å². The Morgan fingerprint density at radius 2 is 2.11 bits per heavy atom. The largest absolute Gasteiger partial charge is 0.311 e. The maximum Gasteiger partial charge on any atom is 0.0335 e. The van der Waals surface area contributed by atoms with E-state index in [1.54, 1.807) is 0 Å². The molecule has 0 aromatic rings. The molecule has 1 aliphatic carbocycles. The van der Waals surface area contributed by atoms with Crippen molar-refractivity contribution in [2.45, 2.75) is 58.0 Å². The second-order valence-corrected chi connectivity index (χ2v) is 7.53. The fourth-order valence-corrected chi connectivity index (χ4v) is 3.96. The molecular formula is C15H30N2S. The standard InChI is InChI=1S/C15H30N2S/c1-4-6-14-11-17(9-10-18-5-2)15(3,12-16-14)13-7-8-13/h13-14,16H,4-12H2,1-3H3. The third-order valence-corrected chi connectivity index (χ3v) is 5.59. The molecular weight excluding hydrogens is 240 g/mol. The van der Waals surface area contributed by atoms with Gasteiger partial charge in [-0.05, 0) is 37.9 Å². The van der Waals surface area contributed by atoms with Crippen LogP contribution in [0.4, 0.5) is 0 Å². The van der Waals surface area contributed by atoms with Crippen molar-refractivity contribution in [2.75, 3.05) is 31.1 Å². The summed E-state index contributed by atoms with van der Waals surface area (Å²) in [5, 5.41) is 3.80. The van der Waals surface area contributed by atoms with Gasteiger partial charge in [-0.25, -0.2) is 0 Å². The summed E-state index contributed by atoms with van der Waals surface area (Å²) in [7, 11) is 0. The lowest BCUT2D eigenvalue weighted by Gasteiger charge is -2.49. The Morgan fingerprint density at radius 3 is 2.72 bits per heavy atom. The van der Waals surface area contributed by atoms with Crippen molar-refractivity contribution in [3.8, 4) is 0 Å². The van der Waals surface area contributed by atoms with Crippen molar-refractivity contribution in [2.24, 2.45) is 5.92 Å². The van der Waals surface area contributed by atoms with Crippen LogP contribution in [-0.4, -0.2) is 47.6 Å². The van der Waals surface area contributed by atoms with E-state index in [4.69, 9.17) is 0 Å². The minimum atomic E-state index is 0.443. The molecule has 1 aliphatic heterocycles.